The van der Waals surface area contributed by atoms with Crippen LogP contribution in [0.4, 0.5) is 10.1 Å². The number of anilines is 1. The zero-order valence-corrected chi connectivity index (χ0v) is 15.1. The lowest BCUT2D eigenvalue weighted by atomic mass is 10.0. The summed E-state index contributed by atoms with van der Waals surface area (Å²) in [6, 6.07) is 11.2. The van der Waals surface area contributed by atoms with E-state index in [4.69, 9.17) is 0 Å². The van der Waals surface area contributed by atoms with Gasteiger partial charge >= 0.3 is 0 Å². The normalized spacial score (nSPS) is 16.6. The van der Waals surface area contributed by atoms with Gasteiger partial charge in [-0.15, -0.1) is 0 Å². The van der Waals surface area contributed by atoms with Crippen LogP contribution in [0.2, 0.25) is 0 Å². The lowest BCUT2D eigenvalue weighted by molar-refractivity contribution is -0.119. The van der Waals surface area contributed by atoms with Crippen molar-refractivity contribution in [3.05, 3.63) is 65.0 Å². The maximum Gasteiger partial charge on any atom is 0.257 e. The van der Waals surface area contributed by atoms with Crippen LogP contribution in [-0.4, -0.2) is 29.3 Å². The quantitative estimate of drug-likeness (QED) is 0.904. The zero-order valence-electron chi connectivity index (χ0n) is 15.1. The summed E-state index contributed by atoms with van der Waals surface area (Å²) < 4.78 is 14.0. The molecule has 2 amide bonds. The fourth-order valence-corrected chi connectivity index (χ4v) is 3.48. The number of amides is 2. The lowest BCUT2D eigenvalue weighted by Gasteiger charge is -2.25. The number of hydrogen-bond donors (Lipinski definition) is 1. The molecule has 0 spiro atoms. The molecule has 0 bridgehead atoms. The Hall–Kier alpha value is -2.69. The maximum absolute atomic E-state index is 14.0. The molecule has 1 heterocycles. The monoisotopic (exact) mass is 354 g/mol. The van der Waals surface area contributed by atoms with Crippen LogP contribution in [0.1, 0.15) is 41.3 Å². The summed E-state index contributed by atoms with van der Waals surface area (Å²) in [7, 11) is 0. The number of aryl methyl sites for hydroxylation is 2. The van der Waals surface area contributed by atoms with E-state index in [1.54, 1.807) is 12.1 Å². The fourth-order valence-electron chi connectivity index (χ4n) is 3.48. The molecular weight excluding hydrogens is 331 g/mol. The Labute approximate surface area is 153 Å². The zero-order chi connectivity index (χ0) is 18.7. The van der Waals surface area contributed by atoms with Crippen LogP contribution in [-0.2, 0) is 11.2 Å². The Morgan fingerprint density at radius 2 is 1.96 bits per heavy atom. The molecule has 2 aromatic rings. The van der Waals surface area contributed by atoms with Gasteiger partial charge in [0.1, 0.15) is 11.9 Å². The van der Waals surface area contributed by atoms with Gasteiger partial charge in [0.25, 0.3) is 5.91 Å². The van der Waals surface area contributed by atoms with Crippen molar-refractivity contribution in [2.24, 2.45) is 0 Å². The molecule has 0 unspecified atom stereocenters. The number of carbonyl (C=O) groups excluding carboxylic acids is 2. The lowest BCUT2D eigenvalue weighted by Crippen LogP contribution is -2.43. The molecule has 1 aliphatic heterocycles. The van der Waals surface area contributed by atoms with Crippen LogP contribution in [0.3, 0.4) is 0 Å². The number of rotatable bonds is 4. The highest BCUT2D eigenvalue weighted by Gasteiger charge is 2.35. The van der Waals surface area contributed by atoms with Gasteiger partial charge in [-0.05, 0) is 49.4 Å². The molecular formula is C21H23FN2O2. The van der Waals surface area contributed by atoms with Gasteiger partial charge in [-0.1, -0.05) is 37.3 Å². The van der Waals surface area contributed by atoms with Crippen LogP contribution in [0.15, 0.2) is 42.5 Å². The predicted molar refractivity (Wildman–Crippen MR) is 99.6 cm³/mol. The third-order valence-electron chi connectivity index (χ3n) is 4.91. The van der Waals surface area contributed by atoms with Crippen molar-refractivity contribution in [3.63, 3.8) is 0 Å². The molecule has 136 valence electrons. The molecule has 1 fully saturated rings. The highest BCUT2D eigenvalue weighted by molar-refractivity contribution is 6.02. The molecule has 4 nitrogen and oxygen atoms in total. The van der Waals surface area contributed by atoms with Crippen molar-refractivity contribution in [2.75, 3.05) is 11.9 Å². The average Bonchev–Trinajstić information content (AvgIpc) is 3.13. The minimum absolute atomic E-state index is 0.0114. The number of nitrogens with zero attached hydrogens (tertiary/aromatic N) is 1. The van der Waals surface area contributed by atoms with Crippen LogP contribution < -0.4 is 5.32 Å². The van der Waals surface area contributed by atoms with E-state index in [-0.39, 0.29) is 11.5 Å². The van der Waals surface area contributed by atoms with Crippen LogP contribution in [0, 0.1) is 12.7 Å². The van der Waals surface area contributed by atoms with E-state index in [1.165, 1.54) is 17.0 Å². The third-order valence-corrected chi connectivity index (χ3v) is 4.91. The first-order valence-corrected chi connectivity index (χ1v) is 8.97. The van der Waals surface area contributed by atoms with E-state index < -0.39 is 17.8 Å². The van der Waals surface area contributed by atoms with Gasteiger partial charge in [0.05, 0.1) is 5.56 Å². The third kappa shape index (κ3) is 3.47. The highest BCUT2D eigenvalue weighted by atomic mass is 19.1. The van der Waals surface area contributed by atoms with E-state index in [9.17, 15) is 14.0 Å². The Balaban J connectivity index is 1.81. The van der Waals surface area contributed by atoms with Gasteiger partial charge in [0, 0.05) is 12.2 Å². The number of benzene rings is 2. The first-order chi connectivity index (χ1) is 12.5. The number of halogens is 1. The molecule has 0 aliphatic carbocycles. The topological polar surface area (TPSA) is 49.4 Å². The highest BCUT2D eigenvalue weighted by Crippen LogP contribution is 2.25. The summed E-state index contributed by atoms with van der Waals surface area (Å²) in [6.07, 6.45) is 2.12. The van der Waals surface area contributed by atoms with Crippen molar-refractivity contribution >= 4 is 17.5 Å². The van der Waals surface area contributed by atoms with Gasteiger partial charge in [-0.25, -0.2) is 4.39 Å². The van der Waals surface area contributed by atoms with E-state index in [0.717, 1.165) is 29.7 Å². The number of carbonyl (C=O) groups is 2. The van der Waals surface area contributed by atoms with E-state index in [2.05, 4.69) is 5.32 Å². The molecule has 26 heavy (non-hydrogen) atoms. The maximum atomic E-state index is 14.0. The van der Waals surface area contributed by atoms with Crippen molar-refractivity contribution in [3.8, 4) is 0 Å². The smallest absolute Gasteiger partial charge is 0.257 e. The van der Waals surface area contributed by atoms with Crippen molar-refractivity contribution in [1.29, 1.82) is 0 Å². The van der Waals surface area contributed by atoms with Gasteiger partial charge in [0.2, 0.25) is 5.91 Å². The Bertz CT molecular complexity index is 835. The van der Waals surface area contributed by atoms with Crippen LogP contribution >= 0.6 is 0 Å². The van der Waals surface area contributed by atoms with Crippen molar-refractivity contribution in [2.45, 2.75) is 39.2 Å². The Morgan fingerprint density at radius 3 is 2.69 bits per heavy atom. The van der Waals surface area contributed by atoms with Crippen LogP contribution in [0.25, 0.3) is 0 Å². The predicted octanol–water partition coefficient (Wildman–Crippen LogP) is 3.94. The minimum Gasteiger partial charge on any atom is -0.327 e. The van der Waals surface area contributed by atoms with Crippen molar-refractivity contribution in [1.82, 2.24) is 4.90 Å². The first-order valence-electron chi connectivity index (χ1n) is 8.97. The second-order valence-corrected chi connectivity index (χ2v) is 6.59. The van der Waals surface area contributed by atoms with E-state index >= 15 is 0 Å². The summed E-state index contributed by atoms with van der Waals surface area (Å²) in [4.78, 5) is 27.1. The molecule has 0 saturated carbocycles. The van der Waals surface area contributed by atoms with Gasteiger partial charge in [0.15, 0.2) is 0 Å². The molecule has 2 aromatic carbocycles. The minimum atomic E-state index is -0.577. The second-order valence-electron chi connectivity index (χ2n) is 6.59. The largest absolute Gasteiger partial charge is 0.327 e. The Morgan fingerprint density at radius 1 is 1.19 bits per heavy atom. The molecule has 0 aromatic heterocycles. The summed E-state index contributed by atoms with van der Waals surface area (Å²) >= 11 is 0. The summed E-state index contributed by atoms with van der Waals surface area (Å²) in [5, 5.41) is 3.00. The summed E-state index contributed by atoms with van der Waals surface area (Å²) in [5.41, 5.74) is 2.87. The van der Waals surface area contributed by atoms with Crippen LogP contribution in [0.5, 0.6) is 0 Å². The fraction of sp³-hybridized carbons (Fsp3) is 0.333. The van der Waals surface area contributed by atoms with Gasteiger partial charge < -0.3 is 10.2 Å². The number of nitrogens with one attached hydrogen (secondary N) is 1. The SMILES string of the molecule is CCc1cccc(C)c1NC(=O)[C@H]1CCCN1C(=O)c1ccccc1F. The van der Waals surface area contributed by atoms with E-state index in [1.807, 2.05) is 32.0 Å². The standard InChI is InChI=1S/C21H23FN2O2/c1-3-15-9-6-8-14(2)19(15)23-20(25)18-12-7-13-24(18)21(26)16-10-4-5-11-17(16)22/h4-6,8-11,18H,3,7,12-13H2,1-2H3,(H,23,25)/t18-/m1/s1. The number of likely N-dealkylation sites (tertiary alicyclic amines) is 1. The van der Waals surface area contributed by atoms with Crippen molar-refractivity contribution < 1.29 is 14.0 Å². The van der Waals surface area contributed by atoms with Gasteiger partial charge in [-0.3, -0.25) is 9.59 Å². The summed E-state index contributed by atoms with van der Waals surface area (Å²) in [6.45, 7) is 4.44. The Kier molecular flexibility index (Phi) is 5.35. The number of para-hydroxylation sites is 1. The first kappa shape index (κ1) is 18.1. The molecule has 0 radical (unpaired) electrons. The van der Waals surface area contributed by atoms with Gasteiger partial charge in [-0.2, -0.15) is 0 Å². The van der Waals surface area contributed by atoms with E-state index in [0.29, 0.717) is 13.0 Å². The molecule has 1 saturated heterocycles. The molecule has 1 N–H and O–H groups in total. The summed E-state index contributed by atoms with van der Waals surface area (Å²) in [5.74, 6) is -1.20. The molecule has 5 heteroatoms. The molecule has 3 rings (SSSR count). The second kappa shape index (κ2) is 7.68. The average molecular weight is 354 g/mol. The molecule has 1 atom stereocenters. The number of hydrogen-bond acceptors (Lipinski definition) is 2. The molecule has 1 aliphatic rings.